The lowest BCUT2D eigenvalue weighted by atomic mass is 9.90. The monoisotopic (exact) mass is 437 g/mol. The molecular formula is C25H35N5O2. The van der Waals surface area contributed by atoms with Crippen LogP contribution in [-0.2, 0) is 0 Å². The zero-order valence-electron chi connectivity index (χ0n) is 19.4. The highest BCUT2D eigenvalue weighted by atomic mass is 16.1. The van der Waals surface area contributed by atoms with E-state index in [0.29, 0.717) is 17.7 Å². The lowest BCUT2D eigenvalue weighted by Crippen LogP contribution is -2.48. The molecule has 0 aliphatic carbocycles. The number of carbonyl (C=O) groups excluding carboxylic acids is 1. The largest absolute Gasteiger partial charge is 0.370 e. The van der Waals surface area contributed by atoms with Crippen molar-refractivity contribution in [2.45, 2.75) is 57.4 Å². The highest BCUT2D eigenvalue weighted by molar-refractivity contribution is 5.92. The van der Waals surface area contributed by atoms with Gasteiger partial charge in [-0.25, -0.2) is 4.98 Å². The highest BCUT2D eigenvalue weighted by Crippen LogP contribution is 2.30. The van der Waals surface area contributed by atoms with Gasteiger partial charge in [-0.1, -0.05) is 19.9 Å². The van der Waals surface area contributed by atoms with E-state index < -0.39 is 0 Å². The molecule has 7 nitrogen and oxygen atoms in total. The van der Waals surface area contributed by atoms with Crippen molar-refractivity contribution >= 4 is 11.6 Å². The normalized spacial score (nSPS) is 20.5. The summed E-state index contributed by atoms with van der Waals surface area (Å²) >= 11 is 0. The van der Waals surface area contributed by atoms with Gasteiger partial charge in [0.1, 0.15) is 5.69 Å². The molecule has 0 aromatic carbocycles. The molecule has 2 fully saturated rings. The number of piperidine rings is 2. The molecule has 2 saturated heterocycles. The summed E-state index contributed by atoms with van der Waals surface area (Å²) in [4.78, 5) is 36.6. The third-order valence-corrected chi connectivity index (χ3v) is 7.03. The van der Waals surface area contributed by atoms with Gasteiger partial charge in [-0.05, 0) is 56.3 Å². The molecule has 4 heterocycles. The first-order valence-electron chi connectivity index (χ1n) is 11.9. The van der Waals surface area contributed by atoms with E-state index in [-0.39, 0.29) is 17.4 Å². The van der Waals surface area contributed by atoms with Crippen molar-refractivity contribution in [3.63, 3.8) is 0 Å². The minimum atomic E-state index is -0.157. The van der Waals surface area contributed by atoms with Gasteiger partial charge in [-0.3, -0.25) is 14.5 Å². The van der Waals surface area contributed by atoms with Gasteiger partial charge in [0, 0.05) is 49.9 Å². The first-order chi connectivity index (χ1) is 15.5. The molecule has 0 saturated carbocycles. The van der Waals surface area contributed by atoms with E-state index in [9.17, 15) is 9.59 Å². The third kappa shape index (κ3) is 4.88. The number of amides is 1. The molecule has 7 heteroatoms. The maximum Gasteiger partial charge on any atom is 0.269 e. The number of likely N-dealkylation sites (tertiary alicyclic amines) is 1. The van der Waals surface area contributed by atoms with Crippen molar-refractivity contribution < 1.29 is 4.79 Å². The van der Waals surface area contributed by atoms with Crippen LogP contribution in [0, 0.1) is 0 Å². The maximum atomic E-state index is 12.5. The van der Waals surface area contributed by atoms with Gasteiger partial charge in [0.25, 0.3) is 11.5 Å². The number of pyridine rings is 2. The second kappa shape index (κ2) is 9.86. The average Bonchev–Trinajstić information content (AvgIpc) is 2.83. The van der Waals surface area contributed by atoms with Crippen molar-refractivity contribution in [1.29, 1.82) is 0 Å². The summed E-state index contributed by atoms with van der Waals surface area (Å²) in [6, 6.07) is 8.50. The quantitative estimate of drug-likeness (QED) is 0.751. The number of nitrogens with zero attached hydrogens (tertiary/aromatic N) is 3. The number of carbonyl (C=O) groups is 1. The van der Waals surface area contributed by atoms with Crippen LogP contribution in [0.2, 0.25) is 0 Å². The first-order valence-corrected chi connectivity index (χ1v) is 11.9. The van der Waals surface area contributed by atoms with Crippen molar-refractivity contribution in [2.75, 3.05) is 38.1 Å². The number of hydrogen-bond donors (Lipinski definition) is 2. The molecule has 2 aromatic rings. The summed E-state index contributed by atoms with van der Waals surface area (Å²) < 4.78 is 0. The van der Waals surface area contributed by atoms with Gasteiger partial charge in [0.2, 0.25) is 0 Å². The Balaban J connectivity index is 1.35. The van der Waals surface area contributed by atoms with E-state index in [1.165, 1.54) is 6.42 Å². The van der Waals surface area contributed by atoms with Gasteiger partial charge < -0.3 is 15.2 Å². The van der Waals surface area contributed by atoms with Crippen molar-refractivity contribution in [3.8, 4) is 0 Å². The number of H-pyrrole nitrogens is 1. The van der Waals surface area contributed by atoms with Gasteiger partial charge in [-0.15, -0.1) is 0 Å². The van der Waals surface area contributed by atoms with Crippen LogP contribution in [0.15, 0.2) is 35.3 Å². The Bertz CT molecular complexity index is 977. The van der Waals surface area contributed by atoms with E-state index in [4.69, 9.17) is 0 Å². The second-order valence-corrected chi connectivity index (χ2v) is 9.39. The van der Waals surface area contributed by atoms with Crippen LogP contribution in [0.25, 0.3) is 0 Å². The molecular weight excluding hydrogens is 402 g/mol. The molecule has 0 bridgehead atoms. The summed E-state index contributed by atoms with van der Waals surface area (Å²) in [5, 5.41) is 2.61. The SMILES string of the molecule is CNC(=O)c1ccc(N2CCC(N3CCCC(c4ccc(C(C)C)c(=O)[nH]4)C3)CC2)cn1. The zero-order chi connectivity index (χ0) is 22.7. The van der Waals surface area contributed by atoms with E-state index >= 15 is 0 Å². The average molecular weight is 438 g/mol. The summed E-state index contributed by atoms with van der Waals surface area (Å²) in [5.41, 5.74) is 3.55. The molecule has 172 valence electrons. The molecule has 2 aliphatic heterocycles. The van der Waals surface area contributed by atoms with Gasteiger partial charge in [0.05, 0.1) is 11.9 Å². The Hall–Kier alpha value is -2.67. The number of aromatic nitrogens is 2. The lowest BCUT2D eigenvalue weighted by Gasteiger charge is -2.42. The first kappa shape index (κ1) is 22.5. The minimum absolute atomic E-state index is 0.0685. The number of aromatic amines is 1. The van der Waals surface area contributed by atoms with Crippen LogP contribution >= 0.6 is 0 Å². The minimum Gasteiger partial charge on any atom is -0.370 e. The molecule has 4 rings (SSSR count). The molecule has 2 aliphatic rings. The fraction of sp³-hybridized carbons (Fsp3) is 0.560. The smallest absolute Gasteiger partial charge is 0.269 e. The predicted octanol–water partition coefficient (Wildman–Crippen LogP) is 3.10. The Morgan fingerprint density at radius 2 is 1.91 bits per heavy atom. The van der Waals surface area contributed by atoms with E-state index in [1.54, 1.807) is 19.3 Å². The Morgan fingerprint density at radius 1 is 1.12 bits per heavy atom. The van der Waals surface area contributed by atoms with Gasteiger partial charge in [0.15, 0.2) is 0 Å². The van der Waals surface area contributed by atoms with Crippen molar-refractivity contribution in [3.05, 3.63) is 57.8 Å². The van der Waals surface area contributed by atoms with E-state index in [1.807, 2.05) is 12.1 Å². The molecule has 1 unspecified atom stereocenters. The van der Waals surface area contributed by atoms with Crippen LogP contribution in [0.4, 0.5) is 5.69 Å². The summed E-state index contributed by atoms with van der Waals surface area (Å²) in [6.45, 7) is 8.26. The van der Waals surface area contributed by atoms with Crippen LogP contribution in [0.1, 0.15) is 73.1 Å². The molecule has 32 heavy (non-hydrogen) atoms. The number of hydrogen-bond acceptors (Lipinski definition) is 5. The van der Waals surface area contributed by atoms with Crippen LogP contribution in [0.3, 0.4) is 0 Å². The van der Waals surface area contributed by atoms with E-state index in [0.717, 1.165) is 62.4 Å². The Kier molecular flexibility index (Phi) is 6.94. The maximum absolute atomic E-state index is 12.5. The highest BCUT2D eigenvalue weighted by Gasteiger charge is 2.30. The fourth-order valence-corrected chi connectivity index (χ4v) is 5.11. The number of anilines is 1. The van der Waals surface area contributed by atoms with Crippen LogP contribution < -0.4 is 15.8 Å². The van der Waals surface area contributed by atoms with Gasteiger partial charge >= 0.3 is 0 Å². The zero-order valence-corrected chi connectivity index (χ0v) is 19.4. The Morgan fingerprint density at radius 3 is 2.53 bits per heavy atom. The number of rotatable bonds is 5. The van der Waals surface area contributed by atoms with Crippen LogP contribution in [0.5, 0.6) is 0 Å². The standard InChI is InChI=1S/C25H35N5O2/c1-17(2)21-7-9-22(28-24(21)31)18-5-4-12-30(16-18)19-10-13-29(14-11-19)20-6-8-23(27-15-20)25(32)26-3/h6-9,15,17-19H,4-5,10-14,16H2,1-3H3,(H,26,32)(H,28,31). The molecule has 1 amide bonds. The van der Waals surface area contributed by atoms with E-state index in [2.05, 4.69) is 45.0 Å². The second-order valence-electron chi connectivity index (χ2n) is 9.39. The van der Waals surface area contributed by atoms with Crippen molar-refractivity contribution in [2.24, 2.45) is 0 Å². The summed E-state index contributed by atoms with van der Waals surface area (Å²) in [7, 11) is 1.62. The van der Waals surface area contributed by atoms with Gasteiger partial charge in [-0.2, -0.15) is 0 Å². The molecule has 0 spiro atoms. The molecule has 1 atom stereocenters. The summed E-state index contributed by atoms with van der Waals surface area (Å²) in [5.74, 6) is 0.489. The Labute approximate surface area is 190 Å². The lowest BCUT2D eigenvalue weighted by molar-refractivity contribution is 0.0958. The number of nitrogens with one attached hydrogen (secondary N) is 2. The van der Waals surface area contributed by atoms with Crippen molar-refractivity contribution in [1.82, 2.24) is 20.2 Å². The summed E-state index contributed by atoms with van der Waals surface area (Å²) in [6.07, 6.45) is 6.35. The molecule has 2 N–H and O–H groups in total. The third-order valence-electron chi connectivity index (χ3n) is 7.03. The molecule has 0 radical (unpaired) electrons. The predicted molar refractivity (Wildman–Crippen MR) is 128 cm³/mol. The fourth-order valence-electron chi connectivity index (χ4n) is 5.11. The molecule has 2 aromatic heterocycles. The topological polar surface area (TPSA) is 81.3 Å². The van der Waals surface area contributed by atoms with Crippen LogP contribution in [-0.4, -0.2) is 60.0 Å².